The summed E-state index contributed by atoms with van der Waals surface area (Å²) in [4.78, 5) is 45.4. The van der Waals surface area contributed by atoms with Gasteiger partial charge in [-0.15, -0.1) is 11.3 Å². The molecule has 3 fully saturated rings. The molecule has 1 N–H and O–H groups in total. The predicted molar refractivity (Wildman–Crippen MR) is 117 cm³/mol. The summed E-state index contributed by atoms with van der Waals surface area (Å²) in [5.74, 6) is -0.365. The number of hydrogen-bond donors (Lipinski definition) is 1. The normalized spacial score (nSPS) is 28.1. The number of carbonyl (C=O) groups is 3. The molecule has 2 aliphatic heterocycles. The van der Waals surface area contributed by atoms with E-state index in [1.54, 1.807) is 16.5 Å². The van der Waals surface area contributed by atoms with Gasteiger partial charge < -0.3 is 15.0 Å². The average Bonchev–Trinajstić information content (AvgIpc) is 3.52. The van der Waals surface area contributed by atoms with Crippen LogP contribution in [-0.2, 0) is 14.3 Å². The Hall–Kier alpha value is -2.32. The number of nitrogens with one attached hydrogen (secondary N) is 1. The lowest BCUT2D eigenvalue weighted by Crippen LogP contribution is -2.57. The number of nitrogens with zero attached hydrogens (tertiary/aromatic N) is 2. The van der Waals surface area contributed by atoms with Gasteiger partial charge in [0.2, 0.25) is 5.91 Å². The standard InChI is InChI=1S/C23H27N3O4S/c1-13-10-26(18-16(27)11-30-19(13)18)22(29)20(23(2)7-3-4-8-23)25-21(28)14-5-6-15-17(9-14)31-12-24-15/h5-6,9,12-13,18-20H,3-4,7-8,10-11H2,1-2H3,(H,25,28)/t13?,18-,19+,20?/m1/s1. The zero-order valence-electron chi connectivity index (χ0n) is 17.8. The lowest BCUT2D eigenvalue weighted by atomic mass is 9.79. The summed E-state index contributed by atoms with van der Waals surface area (Å²) in [6.07, 6.45) is 3.58. The van der Waals surface area contributed by atoms with E-state index in [4.69, 9.17) is 4.74 Å². The molecule has 5 rings (SSSR count). The summed E-state index contributed by atoms with van der Waals surface area (Å²) >= 11 is 1.48. The van der Waals surface area contributed by atoms with E-state index in [1.165, 1.54) is 11.3 Å². The fraction of sp³-hybridized carbons (Fsp3) is 0.565. The number of ketones is 1. The van der Waals surface area contributed by atoms with E-state index < -0.39 is 12.1 Å². The van der Waals surface area contributed by atoms with Crippen LogP contribution in [0.15, 0.2) is 23.7 Å². The van der Waals surface area contributed by atoms with Crippen molar-refractivity contribution in [3.05, 3.63) is 29.3 Å². The Morgan fingerprint density at radius 2 is 2.10 bits per heavy atom. The number of thiazole rings is 1. The molecule has 1 saturated carbocycles. The summed E-state index contributed by atoms with van der Waals surface area (Å²) in [6, 6.07) is 4.21. The number of fused-ring (bicyclic) bond motifs is 2. The Morgan fingerprint density at radius 3 is 2.87 bits per heavy atom. The Labute approximate surface area is 185 Å². The first kappa shape index (κ1) is 20.6. The highest BCUT2D eigenvalue weighted by Gasteiger charge is 2.54. The number of amides is 2. The van der Waals surface area contributed by atoms with Crippen LogP contribution in [-0.4, -0.2) is 58.8 Å². The van der Waals surface area contributed by atoms with Gasteiger partial charge in [-0.25, -0.2) is 4.98 Å². The topological polar surface area (TPSA) is 88.6 Å². The van der Waals surface area contributed by atoms with Crippen molar-refractivity contribution in [1.82, 2.24) is 15.2 Å². The van der Waals surface area contributed by atoms with Gasteiger partial charge in [0.1, 0.15) is 18.7 Å². The third-order valence-electron chi connectivity index (χ3n) is 7.28. The minimum atomic E-state index is -0.668. The number of likely N-dealkylation sites (tertiary alicyclic amines) is 1. The second-order valence-electron chi connectivity index (χ2n) is 9.46. The third-order valence-corrected chi connectivity index (χ3v) is 8.07. The number of carbonyl (C=O) groups excluding carboxylic acids is 3. The molecule has 31 heavy (non-hydrogen) atoms. The highest BCUT2D eigenvalue weighted by atomic mass is 32.1. The van der Waals surface area contributed by atoms with Crippen molar-refractivity contribution in [2.24, 2.45) is 11.3 Å². The fourth-order valence-electron chi connectivity index (χ4n) is 5.50. The first-order valence-corrected chi connectivity index (χ1v) is 11.8. The average molecular weight is 442 g/mol. The van der Waals surface area contributed by atoms with E-state index >= 15 is 0 Å². The van der Waals surface area contributed by atoms with Crippen LogP contribution >= 0.6 is 11.3 Å². The minimum Gasteiger partial charge on any atom is -0.367 e. The maximum Gasteiger partial charge on any atom is 0.251 e. The van der Waals surface area contributed by atoms with E-state index in [2.05, 4.69) is 17.2 Å². The monoisotopic (exact) mass is 441 g/mol. The molecule has 2 saturated heterocycles. The van der Waals surface area contributed by atoms with Gasteiger partial charge in [0.25, 0.3) is 5.91 Å². The molecular weight excluding hydrogens is 414 g/mol. The minimum absolute atomic E-state index is 0.0417. The summed E-state index contributed by atoms with van der Waals surface area (Å²) in [5.41, 5.74) is 2.80. The molecule has 4 atom stereocenters. The molecule has 2 aromatic rings. The van der Waals surface area contributed by atoms with Crippen LogP contribution in [0.2, 0.25) is 0 Å². The summed E-state index contributed by atoms with van der Waals surface area (Å²) in [7, 11) is 0. The van der Waals surface area contributed by atoms with Crippen LogP contribution < -0.4 is 5.32 Å². The second-order valence-corrected chi connectivity index (χ2v) is 10.3. The highest BCUT2D eigenvalue weighted by Crippen LogP contribution is 2.42. The molecule has 7 nitrogen and oxygen atoms in total. The van der Waals surface area contributed by atoms with Gasteiger partial charge in [0.05, 0.1) is 21.8 Å². The Balaban J connectivity index is 1.44. The molecule has 3 aliphatic rings. The molecule has 2 amide bonds. The summed E-state index contributed by atoms with van der Waals surface area (Å²) in [5, 5.41) is 3.06. The lowest BCUT2D eigenvalue weighted by molar-refractivity contribution is -0.140. The molecule has 3 heterocycles. The largest absolute Gasteiger partial charge is 0.367 e. The molecule has 1 aromatic carbocycles. The second kappa shape index (κ2) is 7.67. The van der Waals surface area contributed by atoms with Gasteiger partial charge in [0.15, 0.2) is 5.78 Å². The van der Waals surface area contributed by atoms with Gasteiger partial charge in [-0.05, 0) is 36.5 Å². The molecule has 0 spiro atoms. The summed E-state index contributed by atoms with van der Waals surface area (Å²) < 4.78 is 6.60. The van der Waals surface area contributed by atoms with Crippen molar-refractivity contribution < 1.29 is 19.1 Å². The molecule has 1 aromatic heterocycles. The van der Waals surface area contributed by atoms with E-state index in [0.717, 1.165) is 35.9 Å². The Kier molecular flexibility index (Phi) is 5.09. The highest BCUT2D eigenvalue weighted by molar-refractivity contribution is 7.16. The van der Waals surface area contributed by atoms with Crippen molar-refractivity contribution in [1.29, 1.82) is 0 Å². The van der Waals surface area contributed by atoms with Crippen molar-refractivity contribution >= 4 is 39.2 Å². The maximum atomic E-state index is 13.8. The van der Waals surface area contributed by atoms with Crippen LogP contribution in [0.5, 0.6) is 0 Å². The zero-order valence-corrected chi connectivity index (χ0v) is 18.6. The Morgan fingerprint density at radius 1 is 1.32 bits per heavy atom. The van der Waals surface area contributed by atoms with Crippen LogP contribution in [0.1, 0.15) is 49.9 Å². The molecule has 0 radical (unpaired) electrons. The molecule has 164 valence electrons. The molecular formula is C23H27N3O4S. The zero-order chi connectivity index (χ0) is 21.8. The molecule has 0 bridgehead atoms. The number of rotatable bonds is 4. The van der Waals surface area contributed by atoms with Gasteiger partial charge in [0, 0.05) is 18.0 Å². The van der Waals surface area contributed by atoms with Crippen LogP contribution in [0.25, 0.3) is 10.2 Å². The smallest absolute Gasteiger partial charge is 0.251 e. The maximum absolute atomic E-state index is 13.8. The SMILES string of the molecule is CC1CN(C(=O)C(NC(=O)c2ccc3ncsc3c2)C2(C)CCCC2)[C@@H]2C(=O)CO[C@@H]12. The molecule has 2 unspecified atom stereocenters. The third kappa shape index (κ3) is 3.46. The van der Waals surface area contributed by atoms with Crippen molar-refractivity contribution in [3.8, 4) is 0 Å². The van der Waals surface area contributed by atoms with Gasteiger partial charge in [-0.2, -0.15) is 0 Å². The van der Waals surface area contributed by atoms with E-state index in [-0.39, 0.29) is 41.6 Å². The van der Waals surface area contributed by atoms with Gasteiger partial charge >= 0.3 is 0 Å². The number of Topliss-reactive ketones (excluding diaryl/α,β-unsaturated/α-hetero) is 1. The molecule has 8 heteroatoms. The van der Waals surface area contributed by atoms with E-state index in [9.17, 15) is 14.4 Å². The number of benzene rings is 1. The van der Waals surface area contributed by atoms with Gasteiger partial charge in [-0.1, -0.05) is 26.7 Å². The van der Waals surface area contributed by atoms with E-state index in [1.807, 2.05) is 19.1 Å². The van der Waals surface area contributed by atoms with Crippen molar-refractivity contribution in [3.63, 3.8) is 0 Å². The van der Waals surface area contributed by atoms with Crippen molar-refractivity contribution in [2.45, 2.75) is 57.7 Å². The van der Waals surface area contributed by atoms with Gasteiger partial charge in [-0.3, -0.25) is 14.4 Å². The number of hydrogen-bond acceptors (Lipinski definition) is 6. The number of ether oxygens (including phenoxy) is 1. The summed E-state index contributed by atoms with van der Waals surface area (Å²) in [6.45, 7) is 4.64. The first-order chi connectivity index (χ1) is 14.9. The van der Waals surface area contributed by atoms with Crippen LogP contribution in [0.4, 0.5) is 0 Å². The predicted octanol–water partition coefficient (Wildman–Crippen LogP) is 2.79. The van der Waals surface area contributed by atoms with E-state index in [0.29, 0.717) is 12.1 Å². The van der Waals surface area contributed by atoms with Crippen LogP contribution in [0, 0.1) is 11.3 Å². The fourth-order valence-corrected chi connectivity index (χ4v) is 6.22. The Bertz CT molecular complexity index is 1040. The first-order valence-electron chi connectivity index (χ1n) is 11.0. The number of aromatic nitrogens is 1. The lowest BCUT2D eigenvalue weighted by Gasteiger charge is -2.37. The molecule has 1 aliphatic carbocycles. The van der Waals surface area contributed by atoms with Crippen LogP contribution in [0.3, 0.4) is 0 Å². The quantitative estimate of drug-likeness (QED) is 0.788. The van der Waals surface area contributed by atoms with Crippen molar-refractivity contribution in [2.75, 3.05) is 13.2 Å².